The minimum Gasteiger partial charge on any atom is -0.463 e. The number of carbonyl (C=O) groups excluding carboxylic acids is 2. The zero-order valence-corrected chi connectivity index (χ0v) is 14.9. The summed E-state index contributed by atoms with van der Waals surface area (Å²) in [5.41, 5.74) is 1.12. The van der Waals surface area contributed by atoms with Crippen molar-refractivity contribution in [2.45, 2.75) is 6.04 Å². The summed E-state index contributed by atoms with van der Waals surface area (Å²) in [5.74, 6) is -4.11. The topological polar surface area (TPSA) is 67.4 Å². The molecule has 3 rings (SSSR count). The third-order valence-electron chi connectivity index (χ3n) is 4.03. The summed E-state index contributed by atoms with van der Waals surface area (Å²) < 4.78 is 31.7. The number of esters is 1. The first-order chi connectivity index (χ1) is 12.9. The average Bonchev–Trinajstić information content (AvgIpc) is 2.69. The second kappa shape index (κ2) is 7.63. The minimum atomic E-state index is -1.08. The number of halogens is 2. The predicted molar refractivity (Wildman–Crippen MR) is 98.4 cm³/mol. The quantitative estimate of drug-likeness (QED) is 0.477. The normalized spacial score (nSPS) is 16.4. The molecule has 5 nitrogen and oxygen atoms in total. The van der Waals surface area contributed by atoms with Gasteiger partial charge in [0.05, 0.1) is 24.4 Å². The van der Waals surface area contributed by atoms with Crippen molar-refractivity contribution in [2.75, 3.05) is 7.11 Å². The first-order valence-corrected chi connectivity index (χ1v) is 8.28. The number of methoxy groups -OCH3 is 1. The summed E-state index contributed by atoms with van der Waals surface area (Å²) in [7, 11) is 1.09. The highest BCUT2D eigenvalue weighted by Gasteiger charge is 2.35. The summed E-state index contributed by atoms with van der Waals surface area (Å²) in [4.78, 5) is 24.7. The molecule has 1 heterocycles. The molecule has 1 aliphatic heterocycles. The van der Waals surface area contributed by atoms with Crippen LogP contribution in [0.4, 0.5) is 8.78 Å². The first-order valence-electron chi connectivity index (χ1n) is 7.87. The number of hydrogen-bond donors (Lipinski definition) is 2. The molecule has 27 heavy (non-hydrogen) atoms. The Bertz CT molecular complexity index is 961. The van der Waals surface area contributed by atoms with Gasteiger partial charge in [-0.2, -0.15) is 0 Å². The molecule has 0 aromatic heterocycles. The van der Waals surface area contributed by atoms with E-state index >= 15 is 0 Å². The zero-order chi connectivity index (χ0) is 19.6. The molecular formula is C19H14F2N2O3S. The van der Waals surface area contributed by atoms with Crippen LogP contribution in [-0.4, -0.2) is 24.0 Å². The van der Waals surface area contributed by atoms with E-state index in [9.17, 15) is 18.4 Å². The van der Waals surface area contributed by atoms with E-state index < -0.39 is 29.4 Å². The Hall–Kier alpha value is -3.13. The Morgan fingerprint density at radius 3 is 2.41 bits per heavy atom. The van der Waals surface area contributed by atoms with Crippen LogP contribution in [0.25, 0.3) is 5.70 Å². The van der Waals surface area contributed by atoms with Crippen molar-refractivity contribution in [3.8, 4) is 0 Å². The predicted octanol–water partition coefficient (Wildman–Crippen LogP) is 2.64. The molecule has 0 spiro atoms. The third-order valence-corrected chi connectivity index (χ3v) is 4.25. The number of ketones is 1. The summed E-state index contributed by atoms with van der Waals surface area (Å²) in [6, 6.07) is 11.0. The van der Waals surface area contributed by atoms with Gasteiger partial charge in [-0.05, 0) is 35.5 Å². The molecule has 0 unspecified atom stereocenters. The van der Waals surface area contributed by atoms with Crippen molar-refractivity contribution < 1.29 is 23.1 Å². The molecule has 0 radical (unpaired) electrons. The van der Waals surface area contributed by atoms with Crippen LogP contribution in [0.3, 0.4) is 0 Å². The van der Waals surface area contributed by atoms with Crippen molar-refractivity contribution in [2.24, 2.45) is 0 Å². The van der Waals surface area contributed by atoms with Gasteiger partial charge in [-0.25, -0.2) is 13.6 Å². The Balaban J connectivity index is 2.23. The molecule has 0 amide bonds. The maximum atomic E-state index is 13.8. The highest BCUT2D eigenvalue weighted by Crippen LogP contribution is 2.32. The second-order valence-electron chi connectivity index (χ2n) is 5.68. The fourth-order valence-electron chi connectivity index (χ4n) is 2.79. The van der Waals surface area contributed by atoms with Crippen LogP contribution in [0.15, 0.2) is 54.1 Å². The molecule has 2 N–H and O–H groups in total. The van der Waals surface area contributed by atoms with E-state index in [4.69, 9.17) is 12.2 Å². The molecular weight excluding hydrogens is 374 g/mol. The largest absolute Gasteiger partial charge is 0.463 e. The van der Waals surface area contributed by atoms with Crippen molar-refractivity contribution in [1.82, 2.24) is 10.6 Å². The molecule has 0 bridgehead atoms. The molecule has 138 valence electrons. The zero-order valence-electron chi connectivity index (χ0n) is 14.1. The van der Waals surface area contributed by atoms with E-state index in [0.717, 1.165) is 19.2 Å². The molecule has 0 fully saturated rings. The molecule has 1 aliphatic rings. The molecule has 0 saturated carbocycles. The van der Waals surface area contributed by atoms with Crippen LogP contribution in [-0.2, 0) is 14.3 Å². The number of hydrogen-bond acceptors (Lipinski definition) is 4. The molecule has 0 saturated heterocycles. The van der Waals surface area contributed by atoms with Crippen LogP contribution in [0.5, 0.6) is 0 Å². The van der Waals surface area contributed by atoms with Gasteiger partial charge < -0.3 is 15.4 Å². The molecule has 1 atom stereocenters. The van der Waals surface area contributed by atoms with Crippen LogP contribution in [0.2, 0.25) is 0 Å². The smallest absolute Gasteiger partial charge is 0.379 e. The van der Waals surface area contributed by atoms with Gasteiger partial charge in [0.2, 0.25) is 0 Å². The van der Waals surface area contributed by atoms with Crippen LogP contribution < -0.4 is 10.6 Å². The van der Waals surface area contributed by atoms with E-state index in [0.29, 0.717) is 11.3 Å². The standard InChI is InChI=1S/C19H14F2N2O3S/c1-26-18(25)17(24)14-15(10-5-3-2-4-6-10)22-19(27)23-16(14)11-7-8-12(20)13(21)9-11/h2-9,16H,1H3,(H2,22,23,27)/t16-/m1/s1. The number of carbonyl (C=O) groups is 2. The molecule has 0 aliphatic carbocycles. The lowest BCUT2D eigenvalue weighted by Gasteiger charge is -2.31. The van der Waals surface area contributed by atoms with Crippen LogP contribution in [0, 0.1) is 11.6 Å². The Morgan fingerprint density at radius 2 is 1.78 bits per heavy atom. The third kappa shape index (κ3) is 3.70. The summed E-state index contributed by atoms with van der Waals surface area (Å²) in [6.45, 7) is 0. The van der Waals surface area contributed by atoms with E-state index in [2.05, 4.69) is 15.4 Å². The van der Waals surface area contributed by atoms with E-state index in [1.165, 1.54) is 6.07 Å². The monoisotopic (exact) mass is 388 g/mol. The average molecular weight is 388 g/mol. The molecule has 2 aromatic carbocycles. The number of nitrogens with one attached hydrogen (secondary N) is 2. The van der Waals surface area contributed by atoms with Gasteiger partial charge in [-0.15, -0.1) is 0 Å². The minimum absolute atomic E-state index is 0.00680. The Labute approximate surface area is 159 Å². The van der Waals surface area contributed by atoms with E-state index in [-0.39, 0.29) is 16.2 Å². The van der Waals surface area contributed by atoms with Crippen molar-refractivity contribution in [1.29, 1.82) is 0 Å². The SMILES string of the molecule is COC(=O)C(=O)C1=C(c2ccccc2)NC(=S)N[C@@H]1c1ccc(F)c(F)c1. The molecule has 8 heteroatoms. The Morgan fingerprint density at radius 1 is 1.07 bits per heavy atom. The van der Waals surface area contributed by atoms with Gasteiger partial charge in [0.25, 0.3) is 5.78 Å². The summed E-state index contributed by atoms with van der Waals surface area (Å²) in [6.07, 6.45) is 0. The van der Waals surface area contributed by atoms with Gasteiger partial charge >= 0.3 is 5.97 Å². The first kappa shape index (κ1) is 18.7. The number of Topliss-reactive ketones (excluding diaryl/α,β-unsaturated/α-hetero) is 1. The van der Waals surface area contributed by atoms with Crippen molar-refractivity contribution in [3.05, 3.63) is 76.9 Å². The number of rotatable bonds is 4. The Kier molecular flexibility index (Phi) is 5.27. The maximum Gasteiger partial charge on any atom is 0.379 e. The number of thiocarbonyl (C=S) groups is 1. The van der Waals surface area contributed by atoms with E-state index in [1.54, 1.807) is 30.3 Å². The van der Waals surface area contributed by atoms with Crippen LogP contribution >= 0.6 is 12.2 Å². The summed E-state index contributed by atoms with van der Waals surface area (Å²) in [5, 5.41) is 5.88. The van der Waals surface area contributed by atoms with Crippen LogP contribution in [0.1, 0.15) is 17.2 Å². The fourth-order valence-corrected chi connectivity index (χ4v) is 3.01. The lowest BCUT2D eigenvalue weighted by Crippen LogP contribution is -2.46. The van der Waals surface area contributed by atoms with Gasteiger partial charge in [-0.1, -0.05) is 36.4 Å². The van der Waals surface area contributed by atoms with Crippen molar-refractivity contribution in [3.63, 3.8) is 0 Å². The highest BCUT2D eigenvalue weighted by molar-refractivity contribution is 7.80. The fraction of sp³-hybridized carbons (Fsp3) is 0.105. The van der Waals surface area contributed by atoms with Gasteiger partial charge in [0.15, 0.2) is 16.7 Å². The highest BCUT2D eigenvalue weighted by atomic mass is 32.1. The number of benzene rings is 2. The maximum absolute atomic E-state index is 13.8. The second-order valence-corrected chi connectivity index (χ2v) is 6.09. The van der Waals surface area contributed by atoms with Gasteiger partial charge in [0.1, 0.15) is 0 Å². The number of ether oxygens (including phenoxy) is 1. The van der Waals surface area contributed by atoms with Crippen molar-refractivity contribution >= 4 is 34.8 Å². The molecule has 2 aromatic rings. The summed E-state index contributed by atoms with van der Waals surface area (Å²) >= 11 is 5.20. The lowest BCUT2D eigenvalue weighted by atomic mass is 9.90. The van der Waals surface area contributed by atoms with E-state index in [1.807, 2.05) is 0 Å². The van der Waals surface area contributed by atoms with Gasteiger partial charge in [0, 0.05) is 0 Å². The van der Waals surface area contributed by atoms with Gasteiger partial charge in [-0.3, -0.25) is 4.79 Å². The lowest BCUT2D eigenvalue weighted by molar-refractivity contribution is -0.150.